The van der Waals surface area contributed by atoms with E-state index < -0.39 is 0 Å². The zero-order valence-corrected chi connectivity index (χ0v) is 17.1. The lowest BCUT2D eigenvalue weighted by atomic mass is 10.1. The van der Waals surface area contributed by atoms with E-state index in [0.29, 0.717) is 12.1 Å². The van der Waals surface area contributed by atoms with Crippen molar-refractivity contribution in [2.45, 2.75) is 19.9 Å². The van der Waals surface area contributed by atoms with Crippen molar-refractivity contribution in [2.75, 3.05) is 49.7 Å². The second-order valence-electron chi connectivity index (χ2n) is 7.75. The van der Waals surface area contributed by atoms with Crippen molar-refractivity contribution in [3.05, 3.63) is 53.7 Å². The summed E-state index contributed by atoms with van der Waals surface area (Å²) in [5, 5.41) is 9.49. The van der Waals surface area contributed by atoms with Crippen molar-refractivity contribution in [1.82, 2.24) is 15.2 Å². The van der Waals surface area contributed by atoms with Crippen LogP contribution >= 0.6 is 0 Å². The molecule has 1 amide bonds. The monoisotopic (exact) mass is 392 g/mol. The van der Waals surface area contributed by atoms with Crippen molar-refractivity contribution in [2.24, 2.45) is 5.10 Å². The molecule has 0 aliphatic carbocycles. The zero-order valence-electron chi connectivity index (χ0n) is 17.1. The van der Waals surface area contributed by atoms with E-state index >= 15 is 0 Å². The second kappa shape index (κ2) is 8.61. The minimum absolute atomic E-state index is 0.0735. The van der Waals surface area contributed by atoms with Crippen LogP contribution in [0.2, 0.25) is 0 Å². The molecule has 3 heterocycles. The number of benzene rings is 1. The Hall–Kier alpha value is -2.93. The highest BCUT2D eigenvalue weighted by molar-refractivity contribution is 5.94. The van der Waals surface area contributed by atoms with Gasteiger partial charge in [-0.25, -0.2) is 4.98 Å². The van der Waals surface area contributed by atoms with E-state index in [2.05, 4.69) is 38.3 Å². The number of anilines is 2. The standard InChI is InChI=1S/C22H28N6O/c1-17-8-10-28(25-17)20-5-3-19(4-6-20)22(29)24-16-18-7-9-23-21(15-18)27-13-11-26(2)12-14-27/h3-7,9,15H,8,10-14,16H2,1-2H3,(H,24,29). The predicted octanol–water partition coefficient (Wildman–Crippen LogP) is 2.35. The first-order valence-electron chi connectivity index (χ1n) is 10.2. The third-order valence-corrected chi connectivity index (χ3v) is 5.49. The van der Waals surface area contributed by atoms with E-state index in [-0.39, 0.29) is 5.91 Å². The van der Waals surface area contributed by atoms with Crippen LogP contribution in [0.1, 0.15) is 29.3 Å². The molecule has 1 N–H and O–H groups in total. The number of hydrazone groups is 1. The molecule has 1 saturated heterocycles. The van der Waals surface area contributed by atoms with Gasteiger partial charge in [0.25, 0.3) is 5.91 Å². The zero-order chi connectivity index (χ0) is 20.2. The Labute approximate surface area is 172 Å². The molecule has 0 unspecified atom stereocenters. The third-order valence-electron chi connectivity index (χ3n) is 5.49. The number of nitrogens with one attached hydrogen (secondary N) is 1. The van der Waals surface area contributed by atoms with Crippen LogP contribution in [0.5, 0.6) is 0 Å². The van der Waals surface area contributed by atoms with E-state index in [1.54, 1.807) is 0 Å². The smallest absolute Gasteiger partial charge is 0.251 e. The number of piperazine rings is 1. The summed E-state index contributed by atoms with van der Waals surface area (Å²) in [7, 11) is 2.14. The maximum absolute atomic E-state index is 12.5. The topological polar surface area (TPSA) is 64.1 Å². The van der Waals surface area contributed by atoms with E-state index in [9.17, 15) is 4.79 Å². The molecule has 1 aromatic heterocycles. The van der Waals surface area contributed by atoms with E-state index in [1.807, 2.05) is 48.5 Å². The van der Waals surface area contributed by atoms with Gasteiger partial charge in [0.2, 0.25) is 0 Å². The third kappa shape index (κ3) is 4.74. The molecule has 2 aliphatic heterocycles. The quantitative estimate of drug-likeness (QED) is 0.846. The Morgan fingerprint density at radius 1 is 1.07 bits per heavy atom. The van der Waals surface area contributed by atoms with E-state index in [0.717, 1.165) is 61.9 Å². The molecular weight excluding hydrogens is 364 g/mol. The molecule has 0 bridgehead atoms. The van der Waals surface area contributed by atoms with Gasteiger partial charge in [0, 0.05) is 63.2 Å². The number of aromatic nitrogens is 1. The number of carbonyl (C=O) groups excluding carboxylic acids is 1. The summed E-state index contributed by atoms with van der Waals surface area (Å²) in [4.78, 5) is 21.7. The minimum atomic E-state index is -0.0735. The summed E-state index contributed by atoms with van der Waals surface area (Å²) in [5.41, 5.74) is 3.87. The number of amides is 1. The number of hydrogen-bond donors (Lipinski definition) is 1. The molecule has 1 aromatic carbocycles. The van der Waals surface area contributed by atoms with Gasteiger partial charge in [-0.3, -0.25) is 9.80 Å². The van der Waals surface area contributed by atoms with Gasteiger partial charge in [-0.2, -0.15) is 5.10 Å². The average Bonchev–Trinajstić information content (AvgIpc) is 3.19. The molecular formula is C22H28N6O. The lowest BCUT2D eigenvalue weighted by Gasteiger charge is -2.33. The second-order valence-corrected chi connectivity index (χ2v) is 7.75. The lowest BCUT2D eigenvalue weighted by Crippen LogP contribution is -2.44. The first kappa shape index (κ1) is 19.4. The number of pyridine rings is 1. The van der Waals surface area contributed by atoms with Crippen molar-refractivity contribution >= 4 is 23.1 Å². The van der Waals surface area contributed by atoms with Gasteiger partial charge in [-0.1, -0.05) is 0 Å². The van der Waals surface area contributed by atoms with Gasteiger partial charge in [0.05, 0.1) is 5.69 Å². The Morgan fingerprint density at radius 2 is 1.83 bits per heavy atom. The maximum atomic E-state index is 12.5. The molecule has 7 nitrogen and oxygen atoms in total. The molecule has 7 heteroatoms. The Morgan fingerprint density at radius 3 is 2.52 bits per heavy atom. The van der Waals surface area contributed by atoms with Crippen molar-refractivity contribution in [3.63, 3.8) is 0 Å². The fourth-order valence-electron chi connectivity index (χ4n) is 3.61. The molecule has 0 saturated carbocycles. The number of hydrogen-bond acceptors (Lipinski definition) is 6. The lowest BCUT2D eigenvalue weighted by molar-refractivity contribution is 0.0951. The summed E-state index contributed by atoms with van der Waals surface area (Å²) < 4.78 is 0. The van der Waals surface area contributed by atoms with Crippen molar-refractivity contribution in [3.8, 4) is 0 Å². The highest BCUT2D eigenvalue weighted by Crippen LogP contribution is 2.20. The maximum Gasteiger partial charge on any atom is 0.251 e. The minimum Gasteiger partial charge on any atom is -0.354 e. The van der Waals surface area contributed by atoms with Gasteiger partial charge >= 0.3 is 0 Å². The summed E-state index contributed by atoms with van der Waals surface area (Å²) in [6.07, 6.45) is 2.81. The first-order chi connectivity index (χ1) is 14.1. The average molecular weight is 393 g/mol. The molecule has 0 radical (unpaired) electrons. The first-order valence-corrected chi connectivity index (χ1v) is 10.2. The molecule has 2 aliphatic rings. The predicted molar refractivity (Wildman–Crippen MR) is 117 cm³/mol. The van der Waals surface area contributed by atoms with Crippen LogP contribution in [0.3, 0.4) is 0 Å². The fourth-order valence-corrected chi connectivity index (χ4v) is 3.61. The summed E-state index contributed by atoms with van der Waals surface area (Å²) >= 11 is 0. The summed E-state index contributed by atoms with van der Waals surface area (Å²) in [6, 6.07) is 11.6. The van der Waals surface area contributed by atoms with E-state index in [4.69, 9.17) is 0 Å². The van der Waals surface area contributed by atoms with Gasteiger partial charge in [-0.05, 0) is 55.9 Å². The van der Waals surface area contributed by atoms with Crippen LogP contribution in [0.4, 0.5) is 11.5 Å². The van der Waals surface area contributed by atoms with Gasteiger partial charge in [0.15, 0.2) is 0 Å². The SMILES string of the molecule is CC1=NN(c2ccc(C(=O)NCc3ccnc(N4CCN(C)CC4)c3)cc2)CC1. The van der Waals surface area contributed by atoms with Gasteiger partial charge < -0.3 is 15.1 Å². The molecule has 4 rings (SSSR count). The largest absolute Gasteiger partial charge is 0.354 e. The van der Waals surface area contributed by atoms with Crippen molar-refractivity contribution in [1.29, 1.82) is 0 Å². The fraction of sp³-hybridized carbons (Fsp3) is 0.409. The van der Waals surface area contributed by atoms with Crippen LogP contribution in [0.25, 0.3) is 0 Å². The van der Waals surface area contributed by atoms with Crippen LogP contribution in [0.15, 0.2) is 47.7 Å². The normalized spacial score (nSPS) is 17.4. The van der Waals surface area contributed by atoms with Crippen LogP contribution in [0, 0.1) is 0 Å². The Balaban J connectivity index is 1.34. The number of nitrogens with zero attached hydrogens (tertiary/aromatic N) is 5. The Bertz CT molecular complexity index is 886. The highest BCUT2D eigenvalue weighted by Gasteiger charge is 2.16. The van der Waals surface area contributed by atoms with Gasteiger partial charge in [-0.15, -0.1) is 0 Å². The van der Waals surface area contributed by atoms with Crippen LogP contribution < -0.4 is 15.2 Å². The van der Waals surface area contributed by atoms with E-state index in [1.165, 1.54) is 0 Å². The molecule has 152 valence electrons. The number of likely N-dealkylation sites (N-methyl/N-ethyl adjacent to an activating group) is 1. The van der Waals surface area contributed by atoms with Crippen molar-refractivity contribution < 1.29 is 4.79 Å². The molecule has 2 aromatic rings. The molecule has 1 fully saturated rings. The van der Waals surface area contributed by atoms with Gasteiger partial charge in [0.1, 0.15) is 5.82 Å². The number of carbonyl (C=O) groups is 1. The van der Waals surface area contributed by atoms with Crippen LogP contribution in [-0.4, -0.2) is 61.3 Å². The number of rotatable bonds is 5. The molecule has 29 heavy (non-hydrogen) atoms. The Kier molecular flexibility index (Phi) is 5.76. The summed E-state index contributed by atoms with van der Waals surface area (Å²) in [6.45, 7) is 7.46. The summed E-state index contributed by atoms with van der Waals surface area (Å²) in [5.74, 6) is 0.909. The molecule has 0 spiro atoms. The molecule has 0 atom stereocenters. The highest BCUT2D eigenvalue weighted by atomic mass is 16.1. The van der Waals surface area contributed by atoms with Crippen LogP contribution in [-0.2, 0) is 6.54 Å².